The Labute approximate surface area is 555 Å². The van der Waals surface area contributed by atoms with E-state index in [9.17, 15) is 57.2 Å². The molecule has 97 heavy (non-hydrogen) atoms. The normalized spacial score (nSPS) is 15.1. The number of pyridine rings is 3. The van der Waals surface area contributed by atoms with Crippen LogP contribution in [0.3, 0.4) is 0 Å². The number of morpholine rings is 1. The van der Waals surface area contributed by atoms with Crippen LogP contribution in [0, 0.1) is 40.8 Å². The maximum atomic E-state index is 15.1. The van der Waals surface area contributed by atoms with Gasteiger partial charge in [-0.2, -0.15) is 0 Å². The van der Waals surface area contributed by atoms with E-state index in [1.165, 1.54) is 25.5 Å². The highest BCUT2D eigenvalue weighted by Crippen LogP contribution is 2.34. The van der Waals surface area contributed by atoms with Crippen LogP contribution in [0.25, 0.3) is 33.1 Å². The summed E-state index contributed by atoms with van der Waals surface area (Å²) in [5.41, 5.74) is -0.101. The molecule has 516 valence electrons. The highest BCUT2D eigenvalue weighted by molar-refractivity contribution is 7.93. The molecular formula is C65H71F6N13O10S3. The molecule has 3 aliphatic heterocycles. The van der Waals surface area contributed by atoms with Gasteiger partial charge in [-0.1, -0.05) is 20.8 Å². The fourth-order valence-electron chi connectivity index (χ4n) is 11.3. The fraction of sp³-hybridized carbons (Fsp3) is 0.354. The molecular weight excluding hydrogens is 1330 g/mol. The van der Waals surface area contributed by atoms with E-state index in [0.29, 0.717) is 78.2 Å². The van der Waals surface area contributed by atoms with Gasteiger partial charge in [0.15, 0.2) is 17.5 Å². The number of piperidine rings is 1. The number of nitrogens with zero attached hydrogens (tertiary/aromatic N) is 7. The van der Waals surface area contributed by atoms with Crippen molar-refractivity contribution in [3.8, 4) is 0 Å². The number of nitrogens with one attached hydrogen (secondary N) is 6. The lowest BCUT2D eigenvalue weighted by Gasteiger charge is -2.33. The number of carbonyl (C=O) groups excluding carboxylic acids is 3. The van der Waals surface area contributed by atoms with Crippen molar-refractivity contribution < 1.29 is 70.7 Å². The lowest BCUT2D eigenvalue weighted by Crippen LogP contribution is -2.44. The molecule has 12 rings (SSSR count). The van der Waals surface area contributed by atoms with Crippen molar-refractivity contribution in [1.29, 1.82) is 0 Å². The minimum atomic E-state index is -3.82. The van der Waals surface area contributed by atoms with Crippen LogP contribution in [0.5, 0.6) is 0 Å². The molecule has 23 nitrogen and oxygen atoms in total. The number of halogens is 6. The molecule has 0 amide bonds. The lowest BCUT2D eigenvalue weighted by molar-refractivity contribution is 0.102. The van der Waals surface area contributed by atoms with Crippen molar-refractivity contribution in [2.24, 2.45) is 5.92 Å². The third-order valence-corrected chi connectivity index (χ3v) is 21.0. The number of ether oxygens (including phenoxy) is 1. The highest BCUT2D eigenvalue weighted by atomic mass is 32.2. The first-order valence-corrected chi connectivity index (χ1v) is 36.2. The van der Waals surface area contributed by atoms with Gasteiger partial charge < -0.3 is 39.3 Å². The molecule has 3 aliphatic rings. The van der Waals surface area contributed by atoms with Crippen LogP contribution >= 0.6 is 0 Å². The molecule has 0 atom stereocenters. The van der Waals surface area contributed by atoms with Gasteiger partial charge in [0.1, 0.15) is 34.4 Å². The molecule has 32 heteroatoms. The molecule has 9 heterocycles. The highest BCUT2D eigenvalue weighted by Gasteiger charge is 2.31. The first-order chi connectivity index (χ1) is 46.2. The van der Waals surface area contributed by atoms with Crippen molar-refractivity contribution >= 4 is 115 Å². The van der Waals surface area contributed by atoms with E-state index >= 15 is 8.78 Å². The van der Waals surface area contributed by atoms with Crippen molar-refractivity contribution in [1.82, 2.24) is 34.8 Å². The number of hydrogen-bond donors (Lipinski definition) is 6. The molecule has 6 aromatic heterocycles. The summed E-state index contributed by atoms with van der Waals surface area (Å²) in [5, 5.41) is 1.30. The minimum Gasteiger partial charge on any atom is -0.378 e. The second-order valence-electron chi connectivity index (χ2n) is 23.6. The number of ketones is 3. The zero-order valence-electron chi connectivity index (χ0n) is 53.5. The van der Waals surface area contributed by atoms with Crippen molar-refractivity contribution in [3.05, 3.63) is 160 Å². The predicted octanol–water partition coefficient (Wildman–Crippen LogP) is 10.1. The number of anilines is 6. The molecule has 0 aliphatic carbocycles. The van der Waals surface area contributed by atoms with Gasteiger partial charge in [-0.25, -0.2) is 66.5 Å². The van der Waals surface area contributed by atoms with E-state index < -0.39 is 116 Å². The van der Waals surface area contributed by atoms with Crippen LogP contribution in [0.15, 0.2) is 91.8 Å². The molecule has 6 N–H and O–H groups in total. The Morgan fingerprint density at radius 2 is 0.825 bits per heavy atom. The van der Waals surface area contributed by atoms with E-state index in [0.717, 1.165) is 106 Å². The zero-order valence-corrected chi connectivity index (χ0v) is 55.9. The Bertz CT molecular complexity index is 4600. The monoisotopic (exact) mass is 1400 g/mol. The minimum absolute atomic E-state index is 0.0332. The van der Waals surface area contributed by atoms with E-state index in [4.69, 9.17) is 4.74 Å². The fourth-order valence-corrected chi connectivity index (χ4v) is 14.3. The first kappa shape index (κ1) is 70.7. The molecule has 0 saturated carbocycles. The SMILES string of the molecule is CCCS(=O)(=O)Nc1ccc(F)c(C(=O)c2c[nH]c3ncc(N4CCC(C)CC4)cc23)c1F.CCCS(=O)(=O)Nc1ccc(F)c(C(=O)c2c[nH]c3ncc(N4CCN(C)CC4)cc23)c1F.CCS(=O)(=O)Nc1ccc(F)c(C(=O)c2c[nH]c3ncc(N4CCOCC4)cc23)c1F. The molecule has 0 unspecified atom stereocenters. The third-order valence-electron chi connectivity index (χ3n) is 16.8. The molecule has 9 aromatic rings. The zero-order chi connectivity index (χ0) is 69.7. The molecule has 0 radical (unpaired) electrons. The summed E-state index contributed by atoms with van der Waals surface area (Å²) >= 11 is 0. The Morgan fingerprint density at radius 3 is 1.16 bits per heavy atom. The number of hydrogen-bond acceptors (Lipinski definition) is 17. The third kappa shape index (κ3) is 16.0. The smallest absolute Gasteiger partial charge is 0.232 e. The van der Waals surface area contributed by atoms with E-state index in [-0.39, 0.29) is 33.9 Å². The number of sulfonamides is 3. The molecule has 3 aromatic carbocycles. The predicted molar refractivity (Wildman–Crippen MR) is 359 cm³/mol. The van der Waals surface area contributed by atoms with Crippen LogP contribution in [0.2, 0.25) is 0 Å². The van der Waals surface area contributed by atoms with Gasteiger partial charge in [-0.3, -0.25) is 28.5 Å². The van der Waals surface area contributed by atoms with Crippen LogP contribution < -0.4 is 28.9 Å². The summed E-state index contributed by atoms with van der Waals surface area (Å²) < 4.78 is 172. The van der Waals surface area contributed by atoms with Crippen molar-refractivity contribution in [2.45, 2.75) is 53.4 Å². The number of fused-ring (bicyclic) bond motifs is 3. The maximum Gasteiger partial charge on any atom is 0.232 e. The average Bonchev–Trinajstić information content (AvgIpc) is 1.77. The number of likely N-dealkylation sites (N-methyl/N-ethyl adjacent to an activating group) is 1. The van der Waals surface area contributed by atoms with Crippen molar-refractivity contribution in [2.75, 3.05) is 119 Å². The van der Waals surface area contributed by atoms with Crippen LogP contribution in [-0.2, 0) is 34.8 Å². The largest absolute Gasteiger partial charge is 0.378 e. The number of carbonyl (C=O) groups is 3. The first-order valence-electron chi connectivity index (χ1n) is 31.2. The summed E-state index contributed by atoms with van der Waals surface area (Å²) in [6.07, 6.45) is 11.9. The van der Waals surface area contributed by atoms with Crippen LogP contribution in [0.4, 0.5) is 60.5 Å². The van der Waals surface area contributed by atoms with Gasteiger partial charge in [0.05, 0.1) is 99.9 Å². The van der Waals surface area contributed by atoms with Gasteiger partial charge in [-0.05, 0) is 100 Å². The Balaban J connectivity index is 0.000000158. The molecule has 3 fully saturated rings. The number of aromatic nitrogens is 6. The number of aromatic amines is 3. The number of benzene rings is 3. The Kier molecular flexibility index (Phi) is 21.6. The summed E-state index contributed by atoms with van der Waals surface area (Å²) in [6, 6.07) is 10.8. The standard InChI is InChI=1S/C23H26F2N4O3S.C22H25F2N5O3S.C20H20F2N4O4S/c1-3-10-33(31,32)28-19-5-4-18(24)20(21(19)25)22(30)17-13-27-23-16(17)11-15(12-26-23)29-8-6-14(2)7-9-29;1-3-10-33(31,32)27-18-5-4-17(23)19(20(18)24)21(30)16-13-26-22-15(16)11-14(12-25-22)29-8-6-28(2)7-9-29;1-2-31(28,29)25-16-4-3-15(21)17(18(16)22)19(27)14-11-24-20-13(14)9-12(10-23-20)26-5-7-30-8-6-26/h4-5,11-14,28H,3,6-10H2,1-2H3,(H,26,27);4-5,11-13,27H,3,6-10H2,1-2H3,(H,25,26);3-4,9-11,25H,2,5-8H2,1H3,(H,23,24). The number of piperazine rings is 1. The van der Waals surface area contributed by atoms with Gasteiger partial charge in [0.25, 0.3) is 0 Å². The molecule has 0 bridgehead atoms. The quantitative estimate of drug-likeness (QED) is 0.0305. The van der Waals surface area contributed by atoms with Gasteiger partial charge in [0, 0.05) is 104 Å². The topological polar surface area (TPSA) is 298 Å². The molecule has 3 saturated heterocycles. The summed E-state index contributed by atoms with van der Waals surface area (Å²) in [5.74, 6) is -9.81. The van der Waals surface area contributed by atoms with E-state index in [1.54, 1.807) is 50.6 Å². The molecule has 0 spiro atoms. The summed E-state index contributed by atoms with van der Waals surface area (Å²) in [6.45, 7) is 14.4. The lowest BCUT2D eigenvalue weighted by atomic mass is 9.98. The van der Waals surface area contributed by atoms with E-state index in [1.807, 2.05) is 16.7 Å². The van der Waals surface area contributed by atoms with E-state index in [2.05, 4.69) is 61.0 Å². The maximum absolute atomic E-state index is 15.1. The van der Waals surface area contributed by atoms with Crippen molar-refractivity contribution in [3.63, 3.8) is 0 Å². The van der Waals surface area contributed by atoms with Gasteiger partial charge in [-0.15, -0.1) is 0 Å². The summed E-state index contributed by atoms with van der Waals surface area (Å²) in [4.78, 5) is 69.7. The van der Waals surface area contributed by atoms with Gasteiger partial charge >= 0.3 is 0 Å². The van der Waals surface area contributed by atoms with Gasteiger partial charge in [0.2, 0.25) is 47.4 Å². The van der Waals surface area contributed by atoms with Crippen LogP contribution in [-0.4, -0.2) is 167 Å². The van der Waals surface area contributed by atoms with Crippen LogP contribution in [0.1, 0.15) is 101 Å². The number of rotatable bonds is 20. The summed E-state index contributed by atoms with van der Waals surface area (Å²) in [7, 11) is -9.41. The second-order valence-corrected chi connectivity index (χ2v) is 29.3. The Morgan fingerprint density at radius 1 is 0.495 bits per heavy atom. The second kappa shape index (κ2) is 29.7. The number of H-pyrrole nitrogens is 3. The Hall–Kier alpha value is -9.11. The average molecular weight is 1400 g/mol.